The molecule has 2 aromatic carbocycles. The molecule has 0 aliphatic heterocycles. The summed E-state index contributed by atoms with van der Waals surface area (Å²) in [5, 5.41) is 0.930. The third-order valence-electron chi connectivity index (χ3n) is 7.56. The van der Waals surface area contributed by atoms with E-state index in [4.69, 9.17) is 16.3 Å². The Labute approximate surface area is 266 Å². The Morgan fingerprint density at radius 2 is 1.53 bits per heavy atom. The number of alkyl halides is 2. The van der Waals surface area contributed by atoms with Gasteiger partial charge in [0, 0.05) is 76.9 Å². The summed E-state index contributed by atoms with van der Waals surface area (Å²) < 4.78 is 34.7. The van der Waals surface area contributed by atoms with E-state index in [1.165, 1.54) is 50.7 Å². The van der Waals surface area contributed by atoms with Crippen LogP contribution in [-0.2, 0) is 6.11 Å². The van der Waals surface area contributed by atoms with Gasteiger partial charge in [-0.15, -0.1) is 32.2 Å². The van der Waals surface area contributed by atoms with E-state index in [-0.39, 0.29) is 82.5 Å². The maximum Gasteiger partial charge on any atom is 0.393 e. The molecule has 0 saturated heterocycles. The molecule has 2 fully saturated rings. The minimum absolute atomic E-state index is 0. The van der Waals surface area contributed by atoms with Crippen molar-refractivity contribution in [2.24, 2.45) is 17.8 Å². The van der Waals surface area contributed by atoms with Gasteiger partial charge in [-0.3, -0.25) is 0 Å². The van der Waals surface area contributed by atoms with Crippen molar-refractivity contribution in [2.75, 3.05) is 0 Å². The van der Waals surface area contributed by atoms with E-state index >= 15 is 0 Å². The smallest absolute Gasteiger partial charge is 0.393 e. The van der Waals surface area contributed by atoms with Gasteiger partial charge in [-0.25, -0.2) is 0 Å². The molecule has 0 N–H and O–H groups in total. The maximum absolute atomic E-state index is 14.9. The summed E-state index contributed by atoms with van der Waals surface area (Å²) in [7, 11) is 2.41. The number of benzene rings is 2. The number of halogens is 3. The van der Waals surface area contributed by atoms with E-state index in [1.807, 2.05) is 6.07 Å². The molecular formula is C27H32ClF2La2OP-2. The number of rotatable bonds is 5. The zero-order valence-electron chi connectivity index (χ0n) is 20.0. The van der Waals surface area contributed by atoms with E-state index in [2.05, 4.69) is 28.3 Å². The van der Waals surface area contributed by atoms with Crippen LogP contribution in [0.5, 0.6) is 5.75 Å². The molecule has 2 saturated carbocycles. The zero-order valence-corrected chi connectivity index (χ0v) is 29.2. The average Bonchev–Trinajstić information content (AvgIpc) is 2.76. The first-order valence-electron chi connectivity index (χ1n) is 11.8. The molecule has 0 heterocycles. The molecule has 2 radical (unpaired) electrons. The molecule has 1 unspecified atom stereocenters. The number of ether oxygens (including phenoxy) is 1. The van der Waals surface area contributed by atoms with Crippen LogP contribution in [0.4, 0.5) is 8.78 Å². The number of aryl methyl sites for hydroxylation is 1. The van der Waals surface area contributed by atoms with E-state index in [0.717, 1.165) is 36.2 Å². The molecule has 2 aromatic rings. The third-order valence-corrected chi connectivity index (χ3v) is 8.54. The molecule has 180 valence electrons. The molecule has 0 aromatic heterocycles. The van der Waals surface area contributed by atoms with Gasteiger partial charge < -0.3 is 4.74 Å². The molecule has 1 atom stereocenters. The predicted molar refractivity (Wildman–Crippen MR) is 130 cm³/mol. The van der Waals surface area contributed by atoms with Gasteiger partial charge >= 0.3 is 6.11 Å². The molecule has 0 spiro atoms. The molecule has 2 aliphatic rings. The average molecular weight is 755 g/mol. The van der Waals surface area contributed by atoms with E-state index in [0.29, 0.717) is 21.8 Å². The standard InChI is InChI=1S/C27H32ClF2OP.2La/c1-17-3-5-19(6-4-17)20-7-9-21(10-8-20)22-11-13-24(18(2)15-22)27(29,30)31-23-12-14-26(32)25(28)16-23;;/h11-12,15-17,19-21H,3-10,32H2,1-2H3;;/q-2;;. The van der Waals surface area contributed by atoms with Gasteiger partial charge in [0.05, 0.1) is 0 Å². The van der Waals surface area contributed by atoms with Crippen LogP contribution in [0.3, 0.4) is 0 Å². The minimum Gasteiger partial charge on any atom is -0.495 e. The molecule has 1 nitrogen and oxygen atoms in total. The van der Waals surface area contributed by atoms with Gasteiger partial charge in [0.25, 0.3) is 0 Å². The van der Waals surface area contributed by atoms with Crippen molar-refractivity contribution in [3.05, 3.63) is 58.1 Å². The van der Waals surface area contributed by atoms with Crippen molar-refractivity contribution in [1.82, 2.24) is 0 Å². The first-order valence-corrected chi connectivity index (χ1v) is 12.7. The Morgan fingerprint density at radius 3 is 2.09 bits per heavy atom. The molecule has 2 aliphatic carbocycles. The Kier molecular flexibility index (Phi) is 12.8. The van der Waals surface area contributed by atoms with Gasteiger partial charge in [0.2, 0.25) is 0 Å². The Balaban J connectivity index is 0.00000204. The van der Waals surface area contributed by atoms with Crippen molar-refractivity contribution in [3.8, 4) is 5.75 Å². The summed E-state index contributed by atoms with van der Waals surface area (Å²) in [6.07, 6.45) is 6.84. The van der Waals surface area contributed by atoms with Crippen LogP contribution < -0.4 is 10.0 Å². The zero-order chi connectivity index (χ0) is 22.9. The van der Waals surface area contributed by atoms with Gasteiger partial charge in [0.1, 0.15) is 0 Å². The Morgan fingerprint density at radius 1 is 0.941 bits per heavy atom. The van der Waals surface area contributed by atoms with Gasteiger partial charge in [0.15, 0.2) is 0 Å². The quantitative estimate of drug-likeness (QED) is 0.223. The first-order chi connectivity index (χ1) is 15.2. The van der Waals surface area contributed by atoms with Crippen LogP contribution in [0.15, 0.2) is 24.3 Å². The second-order valence-electron chi connectivity index (χ2n) is 9.84. The van der Waals surface area contributed by atoms with Gasteiger partial charge in [-0.1, -0.05) is 63.3 Å². The fraction of sp³-hybridized carbons (Fsp3) is 0.556. The van der Waals surface area contributed by atoms with Crippen LogP contribution in [-0.4, -0.2) is 0 Å². The molecular weight excluding hydrogens is 723 g/mol. The number of hydrogen-bond donors (Lipinski definition) is 0. The molecule has 0 amide bonds. The summed E-state index contributed by atoms with van der Waals surface area (Å²) >= 11 is 6.01. The minimum atomic E-state index is -3.49. The largest absolute Gasteiger partial charge is 0.495 e. The van der Waals surface area contributed by atoms with Crippen molar-refractivity contribution in [1.29, 1.82) is 0 Å². The summed E-state index contributed by atoms with van der Waals surface area (Å²) in [5.41, 5.74) is 1.41. The topological polar surface area (TPSA) is 9.23 Å². The fourth-order valence-electron chi connectivity index (χ4n) is 5.58. The van der Waals surface area contributed by atoms with Crippen LogP contribution in [0.2, 0.25) is 5.02 Å². The summed E-state index contributed by atoms with van der Waals surface area (Å²) in [6.45, 7) is 4.09. The van der Waals surface area contributed by atoms with E-state index in [9.17, 15) is 8.78 Å². The van der Waals surface area contributed by atoms with E-state index in [1.54, 1.807) is 13.0 Å². The monoisotopic (exact) mass is 754 g/mol. The van der Waals surface area contributed by atoms with Gasteiger partial charge in [-0.05, 0) is 36.2 Å². The second-order valence-corrected chi connectivity index (χ2v) is 10.8. The second kappa shape index (κ2) is 13.8. The van der Waals surface area contributed by atoms with Crippen molar-refractivity contribution in [2.45, 2.75) is 77.2 Å². The van der Waals surface area contributed by atoms with Crippen LogP contribution in [0.25, 0.3) is 0 Å². The Bertz CT molecular complexity index is 942. The molecule has 7 heteroatoms. The van der Waals surface area contributed by atoms with Crippen molar-refractivity contribution in [3.63, 3.8) is 0 Å². The summed E-state index contributed by atoms with van der Waals surface area (Å²) in [5.74, 6) is 3.05. The summed E-state index contributed by atoms with van der Waals surface area (Å²) in [4.78, 5) is 0. The van der Waals surface area contributed by atoms with Crippen molar-refractivity contribution >= 4 is 26.1 Å². The molecule has 0 bridgehead atoms. The molecule has 4 rings (SSSR count). The predicted octanol–water partition coefficient (Wildman–Crippen LogP) is 7.98. The Hall–Kier alpha value is 1.21. The normalized spacial score (nSPS) is 25.1. The number of hydrogen-bond acceptors (Lipinski definition) is 1. The van der Waals surface area contributed by atoms with E-state index < -0.39 is 6.11 Å². The SMILES string of the molecule is Cc1cc(C2CCC(C3CCC(C)CC3)CC2)c[c-]c1C(F)(F)Oc1c[c-]c(P)c(Cl)c1.[La].[La]. The first kappa shape index (κ1) is 31.4. The third kappa shape index (κ3) is 7.86. The molecule has 34 heavy (non-hydrogen) atoms. The fourth-order valence-corrected chi connectivity index (χ4v) is 5.91. The van der Waals surface area contributed by atoms with Crippen LogP contribution >= 0.6 is 20.8 Å². The maximum atomic E-state index is 14.9. The van der Waals surface area contributed by atoms with Crippen LogP contribution in [0.1, 0.15) is 80.9 Å². The van der Waals surface area contributed by atoms with Crippen LogP contribution in [0, 0.1) is 108 Å². The van der Waals surface area contributed by atoms with Gasteiger partial charge in [-0.2, -0.15) is 50.2 Å². The van der Waals surface area contributed by atoms with Crippen molar-refractivity contribution < 1.29 is 84.7 Å². The summed E-state index contributed by atoms with van der Waals surface area (Å²) in [6, 6.07) is 12.0.